The predicted molar refractivity (Wildman–Crippen MR) is 114 cm³/mol. The van der Waals surface area contributed by atoms with Crippen molar-refractivity contribution in [3.05, 3.63) is 47.0 Å². The van der Waals surface area contributed by atoms with Crippen LogP contribution in [0.1, 0.15) is 12.0 Å². The Kier molecular flexibility index (Phi) is 6.79. The van der Waals surface area contributed by atoms with Gasteiger partial charge in [-0.1, -0.05) is 11.6 Å². The number of halogens is 1. The van der Waals surface area contributed by atoms with Crippen LogP contribution in [-0.2, 0) is 9.59 Å². The van der Waals surface area contributed by atoms with Crippen LogP contribution in [-0.4, -0.2) is 45.9 Å². The highest BCUT2D eigenvalue weighted by atomic mass is 35.5. The molecular weight excluding hydrogens is 410 g/mol. The predicted octanol–water partition coefficient (Wildman–Crippen LogP) is 2.87. The molecule has 1 aliphatic heterocycles. The maximum atomic E-state index is 12.5. The number of hydrogen-bond donors (Lipinski definition) is 1. The molecule has 1 aliphatic rings. The van der Waals surface area contributed by atoms with Crippen LogP contribution in [0, 0.1) is 5.92 Å². The van der Waals surface area contributed by atoms with Crippen LogP contribution in [0.3, 0.4) is 0 Å². The molecule has 30 heavy (non-hydrogen) atoms. The van der Waals surface area contributed by atoms with Crippen molar-refractivity contribution in [1.82, 2.24) is 5.43 Å². The Balaban J connectivity index is 1.65. The molecule has 0 unspecified atom stereocenters. The van der Waals surface area contributed by atoms with E-state index in [0.717, 1.165) is 0 Å². The molecule has 0 bridgehead atoms. The summed E-state index contributed by atoms with van der Waals surface area (Å²) in [6.07, 6.45) is 1.59. The highest BCUT2D eigenvalue weighted by Crippen LogP contribution is 2.37. The lowest BCUT2D eigenvalue weighted by molar-refractivity contribution is -0.126. The lowest BCUT2D eigenvalue weighted by Gasteiger charge is -2.16. The van der Waals surface area contributed by atoms with Gasteiger partial charge in [0.2, 0.25) is 17.6 Å². The summed E-state index contributed by atoms with van der Waals surface area (Å²) in [5.74, 6) is 0.474. The highest BCUT2D eigenvalue weighted by molar-refractivity contribution is 6.30. The van der Waals surface area contributed by atoms with Gasteiger partial charge in [0.25, 0.3) is 0 Å². The summed E-state index contributed by atoms with van der Waals surface area (Å²) < 4.78 is 15.9. The number of benzene rings is 2. The van der Waals surface area contributed by atoms with E-state index in [4.69, 9.17) is 25.8 Å². The summed E-state index contributed by atoms with van der Waals surface area (Å²) in [4.78, 5) is 26.3. The maximum Gasteiger partial charge on any atom is 0.245 e. The third-order valence-electron chi connectivity index (χ3n) is 4.71. The first-order chi connectivity index (χ1) is 14.5. The van der Waals surface area contributed by atoms with E-state index in [-0.39, 0.29) is 24.8 Å². The van der Waals surface area contributed by atoms with Crippen molar-refractivity contribution < 1.29 is 23.8 Å². The summed E-state index contributed by atoms with van der Waals surface area (Å²) >= 11 is 5.89. The molecule has 158 valence electrons. The van der Waals surface area contributed by atoms with E-state index < -0.39 is 5.92 Å². The van der Waals surface area contributed by atoms with E-state index >= 15 is 0 Å². The highest BCUT2D eigenvalue weighted by Gasteiger charge is 2.35. The van der Waals surface area contributed by atoms with Gasteiger partial charge in [-0.25, -0.2) is 5.43 Å². The van der Waals surface area contributed by atoms with Crippen molar-refractivity contribution in [2.45, 2.75) is 6.42 Å². The number of methoxy groups -OCH3 is 3. The number of hydrogen-bond acceptors (Lipinski definition) is 6. The second kappa shape index (κ2) is 9.49. The van der Waals surface area contributed by atoms with Crippen LogP contribution in [0.4, 0.5) is 5.69 Å². The molecule has 1 saturated heterocycles. The number of nitrogens with one attached hydrogen (secondary N) is 1. The van der Waals surface area contributed by atoms with E-state index in [1.807, 2.05) is 0 Å². The van der Waals surface area contributed by atoms with Crippen molar-refractivity contribution >= 4 is 35.3 Å². The number of hydrazone groups is 1. The molecule has 0 saturated carbocycles. The lowest BCUT2D eigenvalue weighted by atomic mass is 10.1. The zero-order chi connectivity index (χ0) is 21.7. The minimum atomic E-state index is -0.495. The van der Waals surface area contributed by atoms with Crippen LogP contribution in [0.5, 0.6) is 17.2 Å². The molecule has 3 rings (SSSR count). The third-order valence-corrected chi connectivity index (χ3v) is 4.96. The maximum absolute atomic E-state index is 12.5. The number of rotatable bonds is 7. The monoisotopic (exact) mass is 431 g/mol. The van der Waals surface area contributed by atoms with Crippen molar-refractivity contribution in [2.75, 3.05) is 32.8 Å². The number of carbonyl (C=O) groups excluding carboxylic acids is 2. The smallest absolute Gasteiger partial charge is 0.245 e. The Bertz CT molecular complexity index is 937. The van der Waals surface area contributed by atoms with Crippen LogP contribution in [0.2, 0.25) is 5.02 Å². The Morgan fingerprint density at radius 2 is 1.77 bits per heavy atom. The molecule has 8 nitrogen and oxygen atoms in total. The molecule has 1 heterocycles. The van der Waals surface area contributed by atoms with Crippen LogP contribution in [0.25, 0.3) is 0 Å². The molecule has 0 aliphatic carbocycles. The van der Waals surface area contributed by atoms with Gasteiger partial charge in [-0.05, 0) is 36.4 Å². The first-order valence-electron chi connectivity index (χ1n) is 9.15. The van der Waals surface area contributed by atoms with Crippen LogP contribution >= 0.6 is 11.6 Å². The number of anilines is 1. The van der Waals surface area contributed by atoms with Gasteiger partial charge in [0.15, 0.2) is 11.5 Å². The normalized spacial score (nSPS) is 16.1. The van der Waals surface area contributed by atoms with Gasteiger partial charge in [-0.2, -0.15) is 5.10 Å². The largest absolute Gasteiger partial charge is 0.493 e. The summed E-state index contributed by atoms with van der Waals surface area (Å²) in [6, 6.07) is 10.3. The van der Waals surface area contributed by atoms with E-state index in [1.54, 1.807) is 41.3 Å². The summed E-state index contributed by atoms with van der Waals surface area (Å²) in [6.45, 7) is 0.284. The fourth-order valence-electron chi connectivity index (χ4n) is 3.19. The first-order valence-corrected chi connectivity index (χ1v) is 9.53. The molecule has 0 radical (unpaired) electrons. The van der Waals surface area contributed by atoms with Gasteiger partial charge in [0, 0.05) is 29.2 Å². The second-order valence-corrected chi connectivity index (χ2v) is 7.01. The van der Waals surface area contributed by atoms with Crippen molar-refractivity contribution in [2.24, 2.45) is 11.0 Å². The fraction of sp³-hybridized carbons (Fsp3) is 0.286. The molecule has 0 aromatic heterocycles. The Hall–Kier alpha value is -3.26. The van der Waals surface area contributed by atoms with Gasteiger partial charge in [0.1, 0.15) is 0 Å². The van der Waals surface area contributed by atoms with E-state index in [1.165, 1.54) is 27.5 Å². The molecule has 9 heteroatoms. The average molecular weight is 432 g/mol. The van der Waals surface area contributed by atoms with E-state index in [2.05, 4.69) is 10.5 Å². The first kappa shape index (κ1) is 21.4. The summed E-state index contributed by atoms with van der Waals surface area (Å²) in [5, 5.41) is 4.59. The molecule has 1 N–H and O–H groups in total. The zero-order valence-electron chi connectivity index (χ0n) is 16.8. The third kappa shape index (κ3) is 4.65. The topological polar surface area (TPSA) is 89.5 Å². The van der Waals surface area contributed by atoms with Crippen molar-refractivity contribution in [3.63, 3.8) is 0 Å². The van der Waals surface area contributed by atoms with Crippen LogP contribution < -0.4 is 24.5 Å². The molecule has 2 aromatic rings. The lowest BCUT2D eigenvalue weighted by Crippen LogP contribution is -2.30. The summed E-state index contributed by atoms with van der Waals surface area (Å²) in [7, 11) is 4.55. The zero-order valence-corrected chi connectivity index (χ0v) is 17.6. The van der Waals surface area contributed by atoms with E-state index in [0.29, 0.717) is 33.5 Å². The van der Waals surface area contributed by atoms with Gasteiger partial charge < -0.3 is 19.1 Å². The molecule has 1 atom stereocenters. The average Bonchev–Trinajstić information content (AvgIpc) is 3.15. The molecule has 2 aromatic carbocycles. The Labute approximate surface area is 179 Å². The van der Waals surface area contributed by atoms with Crippen LogP contribution in [0.15, 0.2) is 41.5 Å². The molecule has 2 amide bonds. The van der Waals surface area contributed by atoms with Crippen molar-refractivity contribution in [1.29, 1.82) is 0 Å². The Morgan fingerprint density at radius 1 is 1.13 bits per heavy atom. The standard InChI is InChI=1S/C21H22ClN3O5/c1-28-17-8-13(9-18(29-2)20(17)30-3)11-23-24-21(27)14-10-19(26)25(12-14)16-6-4-15(22)5-7-16/h4-9,11,14H,10,12H2,1-3H3,(H,24,27)/b23-11-/t14-/m1/s1. The van der Waals surface area contributed by atoms with Gasteiger partial charge in [0.05, 0.1) is 33.5 Å². The summed E-state index contributed by atoms with van der Waals surface area (Å²) in [5.41, 5.74) is 3.85. The number of ether oxygens (including phenoxy) is 3. The number of carbonyl (C=O) groups is 2. The molecular formula is C21H22ClN3O5. The van der Waals surface area contributed by atoms with Crippen molar-refractivity contribution in [3.8, 4) is 17.2 Å². The molecule has 1 fully saturated rings. The minimum Gasteiger partial charge on any atom is -0.493 e. The fourth-order valence-corrected chi connectivity index (χ4v) is 3.32. The minimum absolute atomic E-state index is 0.119. The SMILES string of the molecule is COc1cc(/C=N\NC(=O)[C@@H]2CC(=O)N(c3ccc(Cl)cc3)C2)cc(OC)c1OC. The molecule has 0 spiro atoms. The number of amides is 2. The second-order valence-electron chi connectivity index (χ2n) is 6.57. The number of nitrogens with zero attached hydrogens (tertiary/aromatic N) is 2. The Morgan fingerprint density at radius 3 is 2.33 bits per heavy atom. The van der Waals surface area contributed by atoms with Gasteiger partial charge in [-0.3, -0.25) is 9.59 Å². The van der Waals surface area contributed by atoms with Gasteiger partial charge in [-0.15, -0.1) is 0 Å². The quantitative estimate of drug-likeness (QED) is 0.538. The van der Waals surface area contributed by atoms with E-state index in [9.17, 15) is 9.59 Å². The van der Waals surface area contributed by atoms with Gasteiger partial charge >= 0.3 is 0 Å².